The van der Waals surface area contributed by atoms with Gasteiger partial charge in [0, 0.05) is 34.9 Å². The second-order valence-electron chi connectivity index (χ2n) is 7.04. The van der Waals surface area contributed by atoms with Gasteiger partial charge in [-0.05, 0) is 30.9 Å². The molecule has 0 radical (unpaired) electrons. The molecule has 7 heteroatoms. The van der Waals surface area contributed by atoms with Gasteiger partial charge in [0.05, 0.1) is 16.8 Å². The number of nitrogens with two attached hydrogens (primary N) is 1. The average Bonchev–Trinajstić information content (AvgIpc) is 3.45. The summed E-state index contributed by atoms with van der Waals surface area (Å²) in [7, 11) is 0. The van der Waals surface area contributed by atoms with Crippen molar-refractivity contribution < 1.29 is 4.79 Å². The molecule has 1 amide bonds. The zero-order valence-electron chi connectivity index (χ0n) is 15.2. The molecule has 2 atom stereocenters. The molecule has 0 saturated heterocycles. The van der Waals surface area contributed by atoms with E-state index in [9.17, 15) is 4.79 Å². The maximum atomic E-state index is 12.4. The number of halogens is 1. The third-order valence-corrected chi connectivity index (χ3v) is 5.50. The highest BCUT2D eigenvalue weighted by Gasteiger charge is 2.42. The van der Waals surface area contributed by atoms with Gasteiger partial charge < -0.3 is 11.1 Å². The predicted molar refractivity (Wildman–Crippen MR) is 110 cm³/mol. The Bertz CT molecular complexity index is 1140. The maximum absolute atomic E-state index is 12.4. The minimum absolute atomic E-state index is 0.121. The van der Waals surface area contributed by atoms with Crippen LogP contribution in [0.4, 0.5) is 11.6 Å². The molecule has 1 fully saturated rings. The molecule has 2 heterocycles. The number of fused-ring (bicyclic) bond motifs is 1. The molecular formula is C21H18ClN5O. The predicted octanol–water partition coefficient (Wildman–Crippen LogP) is 4.33. The molecule has 140 valence electrons. The molecule has 0 bridgehead atoms. The van der Waals surface area contributed by atoms with Crippen LogP contribution in [-0.2, 0) is 4.79 Å². The van der Waals surface area contributed by atoms with Gasteiger partial charge in [0.15, 0.2) is 0 Å². The van der Waals surface area contributed by atoms with E-state index in [1.54, 1.807) is 12.3 Å². The fourth-order valence-corrected chi connectivity index (χ4v) is 3.71. The number of hydrogen-bond donors (Lipinski definition) is 2. The van der Waals surface area contributed by atoms with Crippen molar-refractivity contribution in [3.63, 3.8) is 0 Å². The van der Waals surface area contributed by atoms with Crippen LogP contribution in [0.15, 0.2) is 36.5 Å². The standard InChI is InChI=1S/C21H18ClN5O/c1-11-4-2-3-5-13(11)19-18(22)15-9-17(25-10-16(15)20(24)27-19)26-21(28)14-8-12(14)6-7-23/h2-5,9-10,12,14H,6,8H2,1H3,(H2,24,27)(H,25,26,28)/t12-,14-/m0/s1. The van der Waals surface area contributed by atoms with E-state index < -0.39 is 0 Å². The smallest absolute Gasteiger partial charge is 0.228 e. The number of anilines is 2. The van der Waals surface area contributed by atoms with Gasteiger partial charge in [0.1, 0.15) is 11.6 Å². The minimum Gasteiger partial charge on any atom is -0.383 e. The van der Waals surface area contributed by atoms with Gasteiger partial charge in [-0.2, -0.15) is 5.26 Å². The monoisotopic (exact) mass is 391 g/mol. The minimum atomic E-state index is -0.127. The molecule has 3 N–H and O–H groups in total. The quantitative estimate of drug-likeness (QED) is 0.688. The van der Waals surface area contributed by atoms with Gasteiger partial charge in [-0.25, -0.2) is 9.97 Å². The Balaban J connectivity index is 1.71. The summed E-state index contributed by atoms with van der Waals surface area (Å²) in [5.74, 6) is 0.631. The van der Waals surface area contributed by atoms with Crippen molar-refractivity contribution in [2.45, 2.75) is 19.8 Å². The number of nitrogens with zero attached hydrogens (tertiary/aromatic N) is 3. The lowest BCUT2D eigenvalue weighted by molar-refractivity contribution is -0.117. The molecule has 2 aromatic heterocycles. The van der Waals surface area contributed by atoms with E-state index in [2.05, 4.69) is 21.4 Å². The molecule has 0 spiro atoms. The van der Waals surface area contributed by atoms with E-state index in [0.717, 1.165) is 17.5 Å². The van der Waals surface area contributed by atoms with Gasteiger partial charge in [0.25, 0.3) is 0 Å². The maximum Gasteiger partial charge on any atom is 0.228 e. The topological polar surface area (TPSA) is 105 Å². The van der Waals surface area contributed by atoms with Crippen molar-refractivity contribution in [3.05, 3.63) is 47.1 Å². The van der Waals surface area contributed by atoms with Crippen LogP contribution in [0.2, 0.25) is 5.02 Å². The Hall–Kier alpha value is -3.17. The fourth-order valence-electron chi connectivity index (χ4n) is 3.41. The zero-order valence-corrected chi connectivity index (χ0v) is 16.0. The third-order valence-electron chi connectivity index (χ3n) is 5.12. The van der Waals surface area contributed by atoms with Crippen molar-refractivity contribution >= 4 is 39.9 Å². The molecule has 3 aromatic rings. The van der Waals surface area contributed by atoms with Crippen molar-refractivity contribution in [2.75, 3.05) is 11.1 Å². The Kier molecular flexibility index (Phi) is 4.62. The first-order valence-corrected chi connectivity index (χ1v) is 9.36. The number of carbonyl (C=O) groups is 1. The normalized spacial score (nSPS) is 17.9. The molecule has 4 rings (SSSR count). The van der Waals surface area contributed by atoms with Crippen molar-refractivity contribution in [1.29, 1.82) is 5.26 Å². The molecule has 6 nitrogen and oxygen atoms in total. The second-order valence-corrected chi connectivity index (χ2v) is 7.42. The third kappa shape index (κ3) is 3.25. The summed E-state index contributed by atoms with van der Waals surface area (Å²) in [6, 6.07) is 11.6. The SMILES string of the molecule is Cc1ccccc1-c1nc(N)c2cnc(NC(=O)[C@H]3C[C@@H]3CC#N)cc2c1Cl. The second kappa shape index (κ2) is 7.10. The molecule has 0 unspecified atom stereocenters. The molecular weight excluding hydrogens is 374 g/mol. The number of benzene rings is 1. The van der Waals surface area contributed by atoms with E-state index in [4.69, 9.17) is 22.6 Å². The molecule has 28 heavy (non-hydrogen) atoms. The first-order valence-electron chi connectivity index (χ1n) is 8.98. The number of amides is 1. The molecule has 0 aliphatic heterocycles. The van der Waals surface area contributed by atoms with E-state index >= 15 is 0 Å². The summed E-state index contributed by atoms with van der Waals surface area (Å²) in [5.41, 5.74) is 8.69. The van der Waals surface area contributed by atoms with Crippen LogP contribution in [0.25, 0.3) is 22.0 Å². The Morgan fingerprint density at radius 2 is 2.18 bits per heavy atom. The number of nitrogen functional groups attached to an aromatic ring is 1. The largest absolute Gasteiger partial charge is 0.383 e. The summed E-state index contributed by atoms with van der Waals surface area (Å²) in [4.78, 5) is 21.1. The lowest BCUT2D eigenvalue weighted by atomic mass is 10.0. The lowest BCUT2D eigenvalue weighted by Gasteiger charge is -2.13. The van der Waals surface area contributed by atoms with Crippen molar-refractivity contribution in [2.24, 2.45) is 11.8 Å². The number of hydrogen-bond acceptors (Lipinski definition) is 5. The first-order chi connectivity index (χ1) is 13.5. The number of nitriles is 1. The molecule has 1 saturated carbocycles. The van der Waals surface area contributed by atoms with E-state index in [1.807, 2.05) is 31.2 Å². The number of carbonyl (C=O) groups excluding carboxylic acids is 1. The highest BCUT2D eigenvalue weighted by atomic mass is 35.5. The summed E-state index contributed by atoms with van der Waals surface area (Å²) in [6.07, 6.45) is 2.71. The van der Waals surface area contributed by atoms with Crippen LogP contribution in [-0.4, -0.2) is 15.9 Å². The Morgan fingerprint density at radius 3 is 2.93 bits per heavy atom. The first kappa shape index (κ1) is 18.2. The van der Waals surface area contributed by atoms with Gasteiger partial charge in [-0.1, -0.05) is 35.9 Å². The van der Waals surface area contributed by atoms with Crippen LogP contribution in [0.1, 0.15) is 18.4 Å². The van der Waals surface area contributed by atoms with E-state index in [-0.39, 0.29) is 17.7 Å². The van der Waals surface area contributed by atoms with E-state index in [0.29, 0.717) is 39.5 Å². The molecule has 1 aliphatic carbocycles. The van der Waals surface area contributed by atoms with Gasteiger partial charge in [-0.3, -0.25) is 4.79 Å². The molecule has 1 aliphatic rings. The number of nitrogens with one attached hydrogen (secondary N) is 1. The van der Waals surface area contributed by atoms with Crippen LogP contribution in [0, 0.1) is 30.1 Å². The van der Waals surface area contributed by atoms with Crippen molar-refractivity contribution in [1.82, 2.24) is 9.97 Å². The van der Waals surface area contributed by atoms with Crippen molar-refractivity contribution in [3.8, 4) is 17.3 Å². The Labute approximate surface area is 167 Å². The van der Waals surface area contributed by atoms with E-state index in [1.165, 1.54) is 0 Å². The number of aromatic nitrogens is 2. The highest BCUT2D eigenvalue weighted by Crippen LogP contribution is 2.42. The molecule has 1 aromatic carbocycles. The summed E-state index contributed by atoms with van der Waals surface area (Å²) in [5, 5.41) is 13.4. The number of rotatable bonds is 4. The number of pyridine rings is 2. The summed E-state index contributed by atoms with van der Waals surface area (Å²) in [6.45, 7) is 1.99. The fraction of sp³-hybridized carbons (Fsp3) is 0.238. The van der Waals surface area contributed by atoms with Crippen LogP contribution in [0.5, 0.6) is 0 Å². The van der Waals surface area contributed by atoms with Gasteiger partial charge in [0.2, 0.25) is 5.91 Å². The number of aryl methyl sites for hydroxylation is 1. The highest BCUT2D eigenvalue weighted by molar-refractivity contribution is 6.38. The summed E-state index contributed by atoms with van der Waals surface area (Å²) >= 11 is 6.67. The van der Waals surface area contributed by atoms with Crippen LogP contribution >= 0.6 is 11.6 Å². The zero-order chi connectivity index (χ0) is 19.8. The summed E-state index contributed by atoms with van der Waals surface area (Å²) < 4.78 is 0. The van der Waals surface area contributed by atoms with Gasteiger partial charge >= 0.3 is 0 Å². The van der Waals surface area contributed by atoms with Gasteiger partial charge in [-0.15, -0.1) is 0 Å². The van der Waals surface area contributed by atoms with Crippen LogP contribution < -0.4 is 11.1 Å². The average molecular weight is 392 g/mol. The van der Waals surface area contributed by atoms with Crippen LogP contribution in [0.3, 0.4) is 0 Å². The Morgan fingerprint density at radius 1 is 1.39 bits per heavy atom. The lowest BCUT2D eigenvalue weighted by Crippen LogP contribution is -2.15.